The molecular weight excluding hydrogens is 312 g/mol. The van der Waals surface area contributed by atoms with Crippen molar-refractivity contribution in [3.8, 4) is 5.75 Å². The molecule has 0 saturated carbocycles. The van der Waals surface area contributed by atoms with Gasteiger partial charge in [-0.05, 0) is 61.2 Å². The zero-order valence-corrected chi connectivity index (χ0v) is 14.0. The van der Waals surface area contributed by atoms with Gasteiger partial charge in [0.25, 0.3) is 5.91 Å². The lowest BCUT2D eigenvalue weighted by molar-refractivity contribution is -0.112. The Balaban J connectivity index is 1.86. The largest absolute Gasteiger partial charge is 0.506 e. The van der Waals surface area contributed by atoms with Crippen molar-refractivity contribution < 1.29 is 9.90 Å². The minimum atomic E-state index is -0.183. The summed E-state index contributed by atoms with van der Waals surface area (Å²) < 4.78 is 0. The Morgan fingerprint density at radius 3 is 2.74 bits per heavy atom. The number of rotatable bonds is 2. The van der Waals surface area contributed by atoms with Crippen molar-refractivity contribution in [1.29, 1.82) is 0 Å². The van der Waals surface area contributed by atoms with Gasteiger partial charge in [0.05, 0.1) is 5.69 Å². The van der Waals surface area contributed by atoms with Crippen LogP contribution >= 0.6 is 11.6 Å². The first-order chi connectivity index (χ1) is 10.9. The lowest BCUT2D eigenvalue weighted by Gasteiger charge is -2.13. The van der Waals surface area contributed by atoms with E-state index >= 15 is 0 Å². The van der Waals surface area contributed by atoms with Crippen LogP contribution in [0.5, 0.6) is 5.75 Å². The number of anilines is 1. The van der Waals surface area contributed by atoms with E-state index in [1.165, 1.54) is 0 Å². The van der Waals surface area contributed by atoms with Gasteiger partial charge in [-0.25, -0.2) is 4.98 Å². The van der Waals surface area contributed by atoms with Crippen LogP contribution in [-0.2, 0) is 11.2 Å². The number of aromatic nitrogens is 1. The molecule has 1 aliphatic carbocycles. The molecule has 23 heavy (non-hydrogen) atoms. The van der Waals surface area contributed by atoms with Crippen molar-refractivity contribution in [2.24, 2.45) is 0 Å². The van der Waals surface area contributed by atoms with Crippen LogP contribution in [0.3, 0.4) is 0 Å². The average Bonchev–Trinajstić information content (AvgIpc) is 2.93. The molecule has 0 fully saturated rings. The van der Waals surface area contributed by atoms with E-state index in [2.05, 4.69) is 10.3 Å². The summed E-state index contributed by atoms with van der Waals surface area (Å²) in [4.78, 5) is 16.8. The SMILES string of the molecule is Cc1nc(NC(=O)C2=Cc3cc(Cl)ccc3C2)c(C)c(C)c1O. The van der Waals surface area contributed by atoms with Crippen molar-refractivity contribution in [2.45, 2.75) is 27.2 Å². The molecule has 5 heteroatoms. The lowest BCUT2D eigenvalue weighted by atomic mass is 10.1. The highest BCUT2D eigenvalue weighted by atomic mass is 35.5. The van der Waals surface area contributed by atoms with Crippen molar-refractivity contribution in [3.63, 3.8) is 0 Å². The monoisotopic (exact) mass is 328 g/mol. The normalized spacial score (nSPS) is 12.8. The van der Waals surface area contributed by atoms with Crippen molar-refractivity contribution in [3.05, 3.63) is 56.7 Å². The summed E-state index contributed by atoms with van der Waals surface area (Å²) in [5, 5.41) is 13.4. The number of halogens is 1. The van der Waals surface area contributed by atoms with E-state index in [-0.39, 0.29) is 11.7 Å². The van der Waals surface area contributed by atoms with Gasteiger partial charge in [-0.2, -0.15) is 0 Å². The van der Waals surface area contributed by atoms with Crippen LogP contribution in [0, 0.1) is 20.8 Å². The number of nitrogens with zero attached hydrogens (tertiary/aromatic N) is 1. The zero-order valence-electron chi connectivity index (χ0n) is 13.2. The maximum absolute atomic E-state index is 12.5. The van der Waals surface area contributed by atoms with E-state index in [0.717, 1.165) is 22.3 Å². The van der Waals surface area contributed by atoms with Crippen LogP contribution in [0.1, 0.15) is 27.9 Å². The summed E-state index contributed by atoms with van der Waals surface area (Å²) in [6, 6.07) is 5.62. The van der Waals surface area contributed by atoms with E-state index in [1.54, 1.807) is 6.92 Å². The Kier molecular flexibility index (Phi) is 3.86. The van der Waals surface area contributed by atoms with Gasteiger partial charge in [0, 0.05) is 17.0 Å². The molecule has 4 nitrogen and oxygen atoms in total. The predicted octanol–water partition coefficient (Wildman–Crippen LogP) is 3.94. The van der Waals surface area contributed by atoms with Crippen LogP contribution in [0.2, 0.25) is 5.02 Å². The molecule has 0 atom stereocenters. The Hall–Kier alpha value is -2.33. The van der Waals surface area contributed by atoms with Crippen molar-refractivity contribution >= 4 is 29.4 Å². The van der Waals surface area contributed by atoms with Gasteiger partial charge in [0.1, 0.15) is 11.6 Å². The number of carbonyl (C=O) groups is 1. The molecule has 1 aromatic heterocycles. The van der Waals surface area contributed by atoms with E-state index in [9.17, 15) is 9.90 Å². The summed E-state index contributed by atoms with van der Waals surface area (Å²) in [5.74, 6) is 0.470. The second-order valence-electron chi connectivity index (χ2n) is 5.79. The number of pyridine rings is 1. The lowest BCUT2D eigenvalue weighted by Crippen LogP contribution is -2.17. The van der Waals surface area contributed by atoms with Crippen LogP contribution in [0.4, 0.5) is 5.82 Å². The third-order valence-corrected chi connectivity index (χ3v) is 4.47. The molecule has 0 saturated heterocycles. The Morgan fingerprint density at radius 2 is 2.00 bits per heavy atom. The third kappa shape index (κ3) is 2.82. The van der Waals surface area contributed by atoms with Gasteiger partial charge in [-0.15, -0.1) is 0 Å². The Morgan fingerprint density at radius 1 is 1.26 bits per heavy atom. The molecule has 118 valence electrons. The van der Waals surface area contributed by atoms with Crippen molar-refractivity contribution in [2.75, 3.05) is 5.32 Å². The second kappa shape index (κ2) is 5.70. The summed E-state index contributed by atoms with van der Waals surface area (Å²) >= 11 is 5.99. The molecule has 0 bridgehead atoms. The topological polar surface area (TPSA) is 62.2 Å². The fourth-order valence-electron chi connectivity index (χ4n) is 2.69. The van der Waals surface area contributed by atoms with Crippen LogP contribution in [0.25, 0.3) is 6.08 Å². The van der Waals surface area contributed by atoms with Crippen LogP contribution < -0.4 is 5.32 Å². The molecule has 2 aromatic rings. The number of fused-ring (bicyclic) bond motifs is 1. The van der Waals surface area contributed by atoms with Gasteiger partial charge in [-0.3, -0.25) is 4.79 Å². The standard InChI is InChI=1S/C18H17ClN2O2/c1-9-10(2)17(20-11(3)16(9)22)21-18(23)14-6-12-4-5-15(19)8-13(12)7-14/h4-5,7-8,22H,6H2,1-3H3,(H,20,21,23). The molecular formula is C18H17ClN2O2. The molecule has 0 unspecified atom stereocenters. The zero-order chi connectivity index (χ0) is 16.7. The molecule has 1 aliphatic rings. The highest BCUT2D eigenvalue weighted by Gasteiger charge is 2.20. The molecule has 3 rings (SSSR count). The van der Waals surface area contributed by atoms with Crippen molar-refractivity contribution in [1.82, 2.24) is 4.98 Å². The summed E-state index contributed by atoms with van der Waals surface area (Å²) in [5.41, 5.74) is 4.72. The molecule has 1 aromatic carbocycles. The molecule has 1 heterocycles. The molecule has 1 amide bonds. The first-order valence-corrected chi connectivity index (χ1v) is 7.71. The quantitative estimate of drug-likeness (QED) is 0.877. The van der Waals surface area contributed by atoms with E-state index in [1.807, 2.05) is 38.1 Å². The van der Waals surface area contributed by atoms with E-state index in [4.69, 9.17) is 11.6 Å². The van der Waals surface area contributed by atoms with Crippen LogP contribution in [0.15, 0.2) is 23.8 Å². The number of hydrogen-bond acceptors (Lipinski definition) is 3. The smallest absolute Gasteiger partial charge is 0.253 e. The number of hydrogen-bond donors (Lipinski definition) is 2. The molecule has 0 aliphatic heterocycles. The fourth-order valence-corrected chi connectivity index (χ4v) is 2.87. The van der Waals surface area contributed by atoms with Gasteiger partial charge in [0.15, 0.2) is 0 Å². The fraction of sp³-hybridized carbons (Fsp3) is 0.222. The Bertz CT molecular complexity index is 857. The highest BCUT2D eigenvalue weighted by molar-refractivity contribution is 6.30. The first-order valence-electron chi connectivity index (χ1n) is 7.34. The first kappa shape index (κ1) is 15.6. The Labute approximate surface area is 139 Å². The maximum Gasteiger partial charge on any atom is 0.253 e. The predicted molar refractivity (Wildman–Crippen MR) is 91.9 cm³/mol. The number of aryl methyl sites for hydroxylation is 1. The number of aromatic hydroxyl groups is 1. The summed E-state index contributed by atoms with van der Waals surface area (Å²) in [6.07, 6.45) is 2.43. The van der Waals surface area contributed by atoms with Gasteiger partial charge < -0.3 is 10.4 Å². The van der Waals surface area contributed by atoms with E-state index < -0.39 is 0 Å². The number of amides is 1. The molecule has 0 spiro atoms. The minimum Gasteiger partial charge on any atom is -0.506 e. The number of carbonyl (C=O) groups excluding carboxylic acids is 1. The summed E-state index contributed by atoms with van der Waals surface area (Å²) in [7, 11) is 0. The molecule has 2 N–H and O–H groups in total. The van der Waals surface area contributed by atoms with Crippen LogP contribution in [-0.4, -0.2) is 16.0 Å². The number of benzene rings is 1. The van der Waals surface area contributed by atoms with E-state index in [0.29, 0.717) is 28.5 Å². The third-order valence-electron chi connectivity index (χ3n) is 4.24. The van der Waals surface area contributed by atoms with Gasteiger partial charge in [0.2, 0.25) is 0 Å². The average molecular weight is 329 g/mol. The number of nitrogens with one attached hydrogen (secondary N) is 1. The molecule has 0 radical (unpaired) electrons. The van der Waals surface area contributed by atoms with Gasteiger partial charge in [-0.1, -0.05) is 17.7 Å². The summed E-state index contributed by atoms with van der Waals surface area (Å²) in [6.45, 7) is 5.35. The maximum atomic E-state index is 12.5. The second-order valence-corrected chi connectivity index (χ2v) is 6.22. The minimum absolute atomic E-state index is 0.169. The highest BCUT2D eigenvalue weighted by Crippen LogP contribution is 2.30. The van der Waals surface area contributed by atoms with Gasteiger partial charge >= 0.3 is 0 Å².